The van der Waals surface area contributed by atoms with Crippen molar-refractivity contribution in [2.24, 2.45) is 5.92 Å². The van der Waals surface area contributed by atoms with Gasteiger partial charge in [0.2, 0.25) is 0 Å². The van der Waals surface area contributed by atoms with E-state index in [2.05, 4.69) is 0 Å². The molecule has 2 unspecified atom stereocenters. The molecule has 0 radical (unpaired) electrons. The number of phenols is 1. The molecule has 0 fully saturated rings. The molecular formula is C25H26O6. The summed E-state index contributed by atoms with van der Waals surface area (Å²) in [6.45, 7) is 6.92. The minimum absolute atomic E-state index is 0.00187. The average Bonchev–Trinajstić information content (AvgIpc) is 3.19. The van der Waals surface area contributed by atoms with Crippen molar-refractivity contribution in [2.45, 2.75) is 52.2 Å². The predicted molar refractivity (Wildman–Crippen MR) is 118 cm³/mol. The zero-order valence-electron chi connectivity index (χ0n) is 18.1. The quantitative estimate of drug-likeness (QED) is 0.465. The van der Waals surface area contributed by atoms with Crippen molar-refractivity contribution in [1.82, 2.24) is 0 Å². The molecule has 2 N–H and O–H groups in total. The molecule has 2 atom stereocenters. The lowest BCUT2D eigenvalue weighted by molar-refractivity contribution is -0.0225. The van der Waals surface area contributed by atoms with Crippen LogP contribution in [0.3, 0.4) is 0 Å². The number of hydrogen-bond donors (Lipinski definition) is 2. The first-order chi connectivity index (χ1) is 14.6. The SMILES string of the molecule is CCC(C)C(=O)c1c(O)c2c(c3c(-c4ccccc4)cc(=O)oc13)OC(C(C)(C)O)C2. The summed E-state index contributed by atoms with van der Waals surface area (Å²) < 4.78 is 11.6. The Morgan fingerprint density at radius 1 is 1.26 bits per heavy atom. The molecule has 0 saturated carbocycles. The molecule has 4 rings (SSSR count). The Hall–Kier alpha value is -3.12. The largest absolute Gasteiger partial charge is 0.507 e. The van der Waals surface area contributed by atoms with Crippen LogP contribution in [0.15, 0.2) is 45.6 Å². The highest BCUT2D eigenvalue weighted by Gasteiger charge is 2.40. The molecule has 3 aromatic rings. The van der Waals surface area contributed by atoms with Gasteiger partial charge in [0.05, 0.1) is 11.0 Å². The number of rotatable bonds is 5. The Balaban J connectivity index is 2.13. The summed E-state index contributed by atoms with van der Waals surface area (Å²) in [5.41, 5.74) is -0.0370. The number of phenolic OH excluding ortho intramolecular Hbond substituents is 1. The lowest BCUT2D eigenvalue weighted by atomic mass is 9.89. The molecule has 1 aromatic heterocycles. The third-order valence-corrected chi connectivity index (χ3v) is 6.04. The fourth-order valence-corrected chi connectivity index (χ4v) is 4.00. The van der Waals surface area contributed by atoms with Crippen LogP contribution in [-0.2, 0) is 6.42 Å². The van der Waals surface area contributed by atoms with E-state index in [1.165, 1.54) is 6.07 Å². The lowest BCUT2D eigenvalue weighted by Crippen LogP contribution is -2.39. The number of carbonyl (C=O) groups excluding carboxylic acids is 1. The first-order valence-corrected chi connectivity index (χ1v) is 10.5. The van der Waals surface area contributed by atoms with Crippen LogP contribution in [0.25, 0.3) is 22.1 Å². The van der Waals surface area contributed by atoms with E-state index in [0.717, 1.165) is 5.56 Å². The van der Waals surface area contributed by atoms with E-state index in [1.54, 1.807) is 20.8 Å². The molecule has 0 aliphatic carbocycles. The second-order valence-corrected chi connectivity index (χ2v) is 8.72. The van der Waals surface area contributed by atoms with Crippen molar-refractivity contribution in [3.8, 4) is 22.6 Å². The van der Waals surface area contributed by atoms with Crippen LogP contribution in [-0.4, -0.2) is 27.7 Å². The van der Waals surface area contributed by atoms with Gasteiger partial charge in [-0.15, -0.1) is 0 Å². The van der Waals surface area contributed by atoms with Crippen molar-refractivity contribution in [3.05, 3.63) is 57.9 Å². The van der Waals surface area contributed by atoms with Gasteiger partial charge in [0.15, 0.2) is 11.4 Å². The monoisotopic (exact) mass is 422 g/mol. The number of ketones is 1. The smallest absolute Gasteiger partial charge is 0.336 e. The van der Waals surface area contributed by atoms with E-state index in [9.17, 15) is 19.8 Å². The number of aliphatic hydroxyl groups is 1. The van der Waals surface area contributed by atoms with Gasteiger partial charge in [0, 0.05) is 29.5 Å². The number of carbonyl (C=O) groups is 1. The highest BCUT2D eigenvalue weighted by atomic mass is 16.5. The van der Waals surface area contributed by atoms with Crippen molar-refractivity contribution in [3.63, 3.8) is 0 Å². The molecule has 1 aliphatic heterocycles. The number of ether oxygens (including phenoxy) is 1. The van der Waals surface area contributed by atoms with Gasteiger partial charge in [-0.05, 0) is 25.8 Å². The summed E-state index contributed by atoms with van der Waals surface area (Å²) in [6.07, 6.45) is 0.179. The fourth-order valence-electron chi connectivity index (χ4n) is 4.00. The van der Waals surface area contributed by atoms with E-state index >= 15 is 0 Å². The summed E-state index contributed by atoms with van der Waals surface area (Å²) in [6, 6.07) is 10.6. The molecule has 0 saturated heterocycles. The van der Waals surface area contributed by atoms with Crippen molar-refractivity contribution < 1.29 is 24.2 Å². The standard InChI is InChI=1S/C25H26O6/c1-5-13(2)21(27)20-22(28)16-11-17(25(3,4)29)30-23(16)19-15(12-18(26)31-24(19)20)14-9-7-6-8-10-14/h6-10,12-13,17,28-29H,5,11H2,1-4H3. The maximum atomic E-state index is 13.2. The Morgan fingerprint density at radius 3 is 2.55 bits per heavy atom. The highest BCUT2D eigenvalue weighted by molar-refractivity contribution is 6.14. The van der Waals surface area contributed by atoms with Gasteiger partial charge in [0.1, 0.15) is 23.2 Å². The highest BCUT2D eigenvalue weighted by Crippen LogP contribution is 2.49. The summed E-state index contributed by atoms with van der Waals surface area (Å²) in [5.74, 6) is -0.575. The zero-order chi connectivity index (χ0) is 22.5. The topological polar surface area (TPSA) is 97.0 Å². The summed E-state index contributed by atoms with van der Waals surface area (Å²) in [4.78, 5) is 25.7. The number of Topliss-reactive ketones (excluding diaryl/α,β-unsaturated/α-hetero) is 1. The minimum atomic E-state index is -1.18. The van der Waals surface area contributed by atoms with Gasteiger partial charge in [-0.2, -0.15) is 0 Å². The summed E-state index contributed by atoms with van der Waals surface area (Å²) >= 11 is 0. The van der Waals surface area contributed by atoms with E-state index < -0.39 is 17.3 Å². The molecule has 0 spiro atoms. The van der Waals surface area contributed by atoms with Gasteiger partial charge in [0.25, 0.3) is 0 Å². The third-order valence-electron chi connectivity index (χ3n) is 6.04. The Labute approximate surface area is 180 Å². The second-order valence-electron chi connectivity index (χ2n) is 8.72. The molecular weight excluding hydrogens is 396 g/mol. The van der Waals surface area contributed by atoms with E-state index in [0.29, 0.717) is 28.7 Å². The Kier molecular flexibility index (Phi) is 5.13. The molecule has 6 heteroatoms. The van der Waals surface area contributed by atoms with Crippen LogP contribution in [0, 0.1) is 5.92 Å². The van der Waals surface area contributed by atoms with E-state index in [1.807, 2.05) is 37.3 Å². The lowest BCUT2D eigenvalue weighted by Gasteiger charge is -2.24. The van der Waals surface area contributed by atoms with Crippen molar-refractivity contribution in [1.29, 1.82) is 0 Å². The maximum absolute atomic E-state index is 13.2. The first kappa shape index (κ1) is 21.1. The van der Waals surface area contributed by atoms with Gasteiger partial charge < -0.3 is 19.4 Å². The molecule has 2 heterocycles. The summed E-state index contributed by atoms with van der Waals surface area (Å²) in [5, 5.41) is 22.1. The first-order valence-electron chi connectivity index (χ1n) is 10.5. The van der Waals surface area contributed by atoms with Crippen LogP contribution in [0.1, 0.15) is 50.0 Å². The van der Waals surface area contributed by atoms with Crippen molar-refractivity contribution >= 4 is 16.8 Å². The minimum Gasteiger partial charge on any atom is -0.507 e. The average molecular weight is 422 g/mol. The Morgan fingerprint density at radius 2 is 1.94 bits per heavy atom. The molecule has 0 bridgehead atoms. The van der Waals surface area contributed by atoms with Crippen LogP contribution < -0.4 is 10.4 Å². The maximum Gasteiger partial charge on any atom is 0.336 e. The number of fused-ring (bicyclic) bond motifs is 3. The normalized spacial score (nSPS) is 16.7. The number of benzene rings is 2. The van der Waals surface area contributed by atoms with Gasteiger partial charge in [-0.3, -0.25) is 4.79 Å². The molecule has 6 nitrogen and oxygen atoms in total. The van der Waals surface area contributed by atoms with Gasteiger partial charge >= 0.3 is 5.63 Å². The third kappa shape index (κ3) is 3.51. The van der Waals surface area contributed by atoms with Crippen LogP contribution in [0.4, 0.5) is 0 Å². The van der Waals surface area contributed by atoms with Crippen LogP contribution in [0.5, 0.6) is 11.5 Å². The van der Waals surface area contributed by atoms with Gasteiger partial charge in [-0.1, -0.05) is 44.2 Å². The zero-order valence-corrected chi connectivity index (χ0v) is 18.1. The molecule has 0 amide bonds. The van der Waals surface area contributed by atoms with E-state index in [4.69, 9.17) is 9.15 Å². The van der Waals surface area contributed by atoms with Crippen LogP contribution in [0.2, 0.25) is 0 Å². The molecule has 2 aromatic carbocycles. The fraction of sp³-hybridized carbons (Fsp3) is 0.360. The number of hydrogen-bond acceptors (Lipinski definition) is 6. The molecule has 31 heavy (non-hydrogen) atoms. The van der Waals surface area contributed by atoms with Crippen LogP contribution >= 0.6 is 0 Å². The van der Waals surface area contributed by atoms with Gasteiger partial charge in [-0.25, -0.2) is 4.79 Å². The Bertz CT molecular complexity index is 1220. The predicted octanol–water partition coefficient (Wildman–Crippen LogP) is 4.47. The summed E-state index contributed by atoms with van der Waals surface area (Å²) in [7, 11) is 0. The van der Waals surface area contributed by atoms with Crippen molar-refractivity contribution in [2.75, 3.05) is 0 Å². The van der Waals surface area contributed by atoms with E-state index in [-0.39, 0.29) is 35.0 Å². The second kappa shape index (κ2) is 7.54. The number of aromatic hydroxyl groups is 1. The molecule has 162 valence electrons. The molecule has 1 aliphatic rings.